The van der Waals surface area contributed by atoms with Crippen molar-refractivity contribution in [1.82, 2.24) is 0 Å². The highest BCUT2D eigenvalue weighted by atomic mass is 16.8. The molecule has 0 aromatic rings. The fourth-order valence-corrected chi connectivity index (χ4v) is 14.6. The Balaban J connectivity index is 1.06. The van der Waals surface area contributed by atoms with Gasteiger partial charge in [-0.3, -0.25) is 9.59 Å². The number of ether oxygens (including phenoxy) is 6. The van der Waals surface area contributed by atoms with Gasteiger partial charge in [0.05, 0.1) is 24.7 Å². The van der Waals surface area contributed by atoms with E-state index in [1.54, 1.807) is 0 Å². The molecule has 18 nitrogen and oxygen atoms in total. The van der Waals surface area contributed by atoms with Gasteiger partial charge < -0.3 is 79.5 Å². The van der Waals surface area contributed by atoms with E-state index >= 15 is 0 Å². The molecule has 0 aromatic heterocycles. The van der Waals surface area contributed by atoms with Crippen molar-refractivity contribution in [2.75, 3.05) is 13.2 Å². The van der Waals surface area contributed by atoms with E-state index in [1.165, 1.54) is 6.92 Å². The number of aliphatic hydroxyl groups is 9. The van der Waals surface area contributed by atoms with Crippen LogP contribution >= 0.6 is 0 Å². The summed E-state index contributed by atoms with van der Waals surface area (Å²) in [6.07, 6.45) is -17.7. The summed E-state index contributed by atoms with van der Waals surface area (Å²) in [4.78, 5) is 26.9. The summed E-state index contributed by atoms with van der Waals surface area (Å²) in [5.41, 5.74) is 0.426. The van der Waals surface area contributed by atoms with Crippen LogP contribution in [0.25, 0.3) is 0 Å². The molecule has 0 aromatic carbocycles. The molecule has 4 saturated carbocycles. The van der Waals surface area contributed by atoms with Crippen LogP contribution in [0.1, 0.15) is 106 Å². The second-order valence-corrected chi connectivity index (χ2v) is 21.8. The number of carbonyl (C=O) groups excluding carboxylic acids is 1. The third kappa shape index (κ3) is 8.53. The first-order valence-electron chi connectivity index (χ1n) is 23.9. The Morgan fingerprint density at radius 1 is 0.682 bits per heavy atom. The van der Waals surface area contributed by atoms with E-state index in [4.69, 9.17) is 28.4 Å². The fraction of sp³-hybridized carbons (Fsp3) is 0.875. The van der Waals surface area contributed by atoms with Gasteiger partial charge in [-0.05, 0) is 124 Å². The Kier molecular flexibility index (Phi) is 15.1. The average Bonchev–Trinajstić information content (AvgIpc) is 3.67. The van der Waals surface area contributed by atoms with Gasteiger partial charge in [-0.25, -0.2) is 0 Å². The van der Waals surface area contributed by atoms with Crippen molar-refractivity contribution < 1.29 is 89.1 Å². The first-order chi connectivity index (χ1) is 30.9. The number of aliphatic hydroxyl groups excluding tert-OH is 9. The van der Waals surface area contributed by atoms with Crippen LogP contribution in [0.3, 0.4) is 0 Å². The van der Waals surface area contributed by atoms with Gasteiger partial charge in [-0.15, -0.1) is 0 Å². The van der Waals surface area contributed by atoms with Gasteiger partial charge in [0.1, 0.15) is 67.1 Å². The highest BCUT2D eigenvalue weighted by Gasteiger charge is 2.71. The van der Waals surface area contributed by atoms with Crippen molar-refractivity contribution in [2.45, 2.75) is 198 Å². The van der Waals surface area contributed by atoms with Crippen LogP contribution in [0.5, 0.6) is 0 Å². The molecule has 4 aliphatic carbocycles. The van der Waals surface area contributed by atoms with Crippen molar-refractivity contribution in [2.24, 2.45) is 51.2 Å². The normalized spacial score (nSPS) is 51.5. The number of rotatable bonds is 13. The van der Waals surface area contributed by atoms with Crippen LogP contribution in [0, 0.1) is 51.2 Å². The maximum absolute atomic E-state index is 14.9. The smallest absolute Gasteiger partial charge is 0.314 e. The van der Waals surface area contributed by atoms with Crippen molar-refractivity contribution in [3.63, 3.8) is 0 Å². The molecular weight excluding hydrogens is 865 g/mol. The van der Waals surface area contributed by atoms with Crippen LogP contribution in [-0.2, 0) is 38.0 Å². The van der Waals surface area contributed by atoms with Crippen molar-refractivity contribution >= 4 is 11.9 Å². The van der Waals surface area contributed by atoms with Crippen LogP contribution in [-0.4, -0.2) is 168 Å². The molecule has 376 valence electrons. The predicted octanol–water partition coefficient (Wildman–Crippen LogP) is 1.28. The quantitative estimate of drug-likeness (QED) is 0.0919. The summed E-state index contributed by atoms with van der Waals surface area (Å²) >= 11 is 0. The fourth-order valence-electron chi connectivity index (χ4n) is 14.6. The van der Waals surface area contributed by atoms with Crippen molar-refractivity contribution in [1.29, 1.82) is 0 Å². The maximum atomic E-state index is 14.9. The Morgan fingerprint density at radius 2 is 1.32 bits per heavy atom. The summed E-state index contributed by atoms with van der Waals surface area (Å²) < 4.78 is 34.7. The van der Waals surface area contributed by atoms with E-state index in [0.717, 1.165) is 36.8 Å². The molecule has 7 aliphatic rings. The molecule has 7 rings (SSSR count). The molecule has 10 N–H and O–H groups in total. The number of fused-ring (bicyclic) bond motifs is 5. The zero-order valence-electron chi connectivity index (χ0n) is 39.2. The minimum absolute atomic E-state index is 0.00608. The number of hydrogen-bond donors (Lipinski definition) is 10. The average molecular weight is 941 g/mol. The second kappa shape index (κ2) is 19.2. The number of aliphatic carboxylic acids is 1. The molecule has 66 heavy (non-hydrogen) atoms. The van der Waals surface area contributed by atoms with Gasteiger partial charge in [0.25, 0.3) is 0 Å². The molecule has 3 aliphatic heterocycles. The van der Waals surface area contributed by atoms with Crippen LogP contribution in [0.4, 0.5) is 0 Å². The highest BCUT2D eigenvalue weighted by Crippen LogP contribution is 2.76. The topological polar surface area (TPSA) is 292 Å². The third-order valence-corrected chi connectivity index (χ3v) is 18.4. The van der Waals surface area contributed by atoms with Crippen LogP contribution in [0.15, 0.2) is 24.3 Å². The first kappa shape index (κ1) is 51.7. The van der Waals surface area contributed by atoms with Gasteiger partial charge >= 0.3 is 11.9 Å². The minimum Gasteiger partial charge on any atom is -0.481 e. The zero-order valence-corrected chi connectivity index (χ0v) is 39.2. The minimum atomic E-state index is -1.86. The van der Waals surface area contributed by atoms with E-state index < -0.39 is 123 Å². The van der Waals surface area contributed by atoms with E-state index in [1.807, 2.05) is 6.92 Å². The molecule has 3 saturated heterocycles. The largest absolute Gasteiger partial charge is 0.481 e. The van der Waals surface area contributed by atoms with E-state index in [0.29, 0.717) is 32.1 Å². The lowest BCUT2D eigenvalue weighted by atomic mass is 9.34. The Hall–Kier alpha value is -2.14. The molecule has 18 heteroatoms. The molecule has 24 atom stereocenters. The molecule has 0 radical (unpaired) electrons. The van der Waals surface area contributed by atoms with Crippen LogP contribution in [0.2, 0.25) is 0 Å². The first-order valence-corrected chi connectivity index (χ1v) is 23.9. The van der Waals surface area contributed by atoms with Gasteiger partial charge in [0.2, 0.25) is 6.29 Å². The zero-order chi connectivity index (χ0) is 48.6. The second-order valence-electron chi connectivity index (χ2n) is 21.8. The lowest BCUT2D eigenvalue weighted by Crippen LogP contribution is -2.65. The van der Waals surface area contributed by atoms with Crippen molar-refractivity contribution in [3.8, 4) is 0 Å². The van der Waals surface area contributed by atoms with Gasteiger partial charge in [0.15, 0.2) is 12.6 Å². The Labute approximate surface area is 386 Å². The summed E-state index contributed by atoms with van der Waals surface area (Å²) in [5, 5.41) is 106. The van der Waals surface area contributed by atoms with E-state index in [2.05, 4.69) is 40.9 Å². The van der Waals surface area contributed by atoms with Gasteiger partial charge in [-0.1, -0.05) is 45.1 Å². The number of carboxylic acids is 1. The summed E-state index contributed by atoms with van der Waals surface area (Å²) in [5.74, 6) is -1.02. The van der Waals surface area contributed by atoms with Gasteiger partial charge in [0, 0.05) is 6.42 Å². The lowest BCUT2D eigenvalue weighted by Gasteiger charge is -2.70. The standard InChI is InChI=1S/C48H76O18/c1-21(2)24-11-16-48(18-17-46(7)26(31(24)48)9-10-29-45(6,14-13-30(50)51)25(22(3)4)12-15-47(29,46)8)44(60)66-43-38(58)35(55)33(53)28(64-43)20-61-41-39(59)36(56)40(27(19-49)63-41)65-42-37(57)34(54)32(52)23(5)62-42/h23-29,31-43,49,52-59H,1,3,9-20H2,2,4-8H3,(H,50,51)/t23-,24-,25-,26+,27+,28+,29+,31+,32-,33+,34+,35-,36+,37+,38+,39+,40+,41+,42-,43-,45-,46+,47+,48-/m0/s1. The summed E-state index contributed by atoms with van der Waals surface area (Å²) in [7, 11) is 0. The summed E-state index contributed by atoms with van der Waals surface area (Å²) in [6, 6.07) is 0. The Morgan fingerprint density at radius 3 is 1.95 bits per heavy atom. The lowest BCUT2D eigenvalue weighted by molar-refractivity contribution is -0.361. The number of carboxylic acid groups (broad SMARTS) is 1. The van der Waals surface area contributed by atoms with E-state index in [-0.39, 0.29) is 52.3 Å². The molecule has 0 spiro atoms. The molecule has 7 fully saturated rings. The highest BCUT2D eigenvalue weighted by molar-refractivity contribution is 5.78. The Bertz CT molecular complexity index is 1800. The monoisotopic (exact) mass is 941 g/mol. The molecule has 0 bridgehead atoms. The predicted molar refractivity (Wildman–Crippen MR) is 231 cm³/mol. The van der Waals surface area contributed by atoms with Gasteiger partial charge in [-0.2, -0.15) is 0 Å². The molecule has 0 amide bonds. The number of carbonyl (C=O) groups is 2. The molecule has 0 unspecified atom stereocenters. The summed E-state index contributed by atoms with van der Waals surface area (Å²) in [6.45, 7) is 19.9. The van der Waals surface area contributed by atoms with Crippen molar-refractivity contribution in [3.05, 3.63) is 24.3 Å². The SMILES string of the molecule is C=C(C)[C@@H]1CC[C@]2(C(=O)O[C@@H]3O[C@H](CO[C@@H]4O[C@H](CO)[C@@H](O[C@@H]5O[C@@H](C)[C@H](O)[C@@H](O)[C@H]5O)[C@H](O)[C@H]4O)[C@@H](O)[C@H](O)[C@H]3O)CC[C@]3(C)[C@H](CC[C@@H]4[C@@](C)(CCC(=O)O)[C@H](C(=C)C)CC[C@]43C)[C@@H]12. The molecule has 3 heterocycles. The van der Waals surface area contributed by atoms with E-state index in [9.17, 15) is 60.7 Å². The number of allylic oxidation sites excluding steroid dienone is 2. The number of hydrogen-bond acceptors (Lipinski definition) is 17. The maximum Gasteiger partial charge on any atom is 0.314 e. The molecular formula is C48H76O18. The van der Waals surface area contributed by atoms with Crippen LogP contribution < -0.4 is 0 Å². The third-order valence-electron chi connectivity index (χ3n) is 18.4. The number of esters is 1.